The van der Waals surface area contributed by atoms with Gasteiger partial charge in [-0.3, -0.25) is 9.59 Å². The fourth-order valence-corrected chi connectivity index (χ4v) is 3.68. The molecule has 1 aromatic rings. The van der Waals surface area contributed by atoms with Gasteiger partial charge in [-0.05, 0) is 19.8 Å². The first kappa shape index (κ1) is 18.9. The zero-order chi connectivity index (χ0) is 19.0. The largest absolute Gasteiger partial charge is 0.479 e. The first-order valence-electron chi connectivity index (χ1n) is 8.01. The number of carboxylic acid groups (broad SMARTS) is 1. The molecule has 0 bridgehead atoms. The van der Waals surface area contributed by atoms with Gasteiger partial charge in [0.15, 0.2) is 5.60 Å². The lowest BCUT2D eigenvalue weighted by molar-refractivity contribution is -0.191. The Bertz CT molecular complexity index is 811. The van der Waals surface area contributed by atoms with Gasteiger partial charge in [0.2, 0.25) is 0 Å². The minimum atomic E-state index is -1.89. The van der Waals surface area contributed by atoms with Gasteiger partial charge in [0.05, 0.1) is 7.11 Å². The van der Waals surface area contributed by atoms with E-state index in [1.807, 2.05) is 0 Å². The van der Waals surface area contributed by atoms with Crippen LogP contribution in [0.3, 0.4) is 0 Å². The van der Waals surface area contributed by atoms with Crippen LogP contribution in [-0.2, 0) is 19.1 Å². The molecule has 0 saturated carbocycles. The third-order valence-electron chi connectivity index (χ3n) is 5.13. The highest BCUT2D eigenvalue weighted by Crippen LogP contribution is 2.54. The van der Waals surface area contributed by atoms with Crippen molar-refractivity contribution in [3.05, 3.63) is 32.6 Å². The molecule has 1 aliphatic heterocycles. The summed E-state index contributed by atoms with van der Waals surface area (Å²) in [6.07, 6.45) is 0.0252. The summed E-state index contributed by atoms with van der Waals surface area (Å²) in [7, 11) is 1.17. The van der Waals surface area contributed by atoms with E-state index in [1.165, 1.54) is 20.2 Å². The number of carboxylic acids is 1. The molecule has 0 spiro atoms. The Morgan fingerprint density at radius 2 is 2.04 bits per heavy atom. The molecule has 2 rings (SSSR count). The maximum Gasteiger partial charge on any atom is 0.337 e. The number of aryl methyl sites for hydroxylation is 1. The summed E-state index contributed by atoms with van der Waals surface area (Å²) in [5.41, 5.74) is -4.46. The number of nitrogens with zero attached hydrogens (tertiary/aromatic N) is 1. The van der Waals surface area contributed by atoms with E-state index in [0.29, 0.717) is 0 Å². The number of rotatable bonds is 5. The summed E-state index contributed by atoms with van der Waals surface area (Å²) in [4.78, 5) is 51.5. The summed E-state index contributed by atoms with van der Waals surface area (Å²) in [5, 5.41) is 9.83. The topological polar surface area (TPSA) is 128 Å². The van der Waals surface area contributed by atoms with E-state index in [-0.39, 0.29) is 24.8 Å². The van der Waals surface area contributed by atoms with Gasteiger partial charge in [-0.15, -0.1) is 0 Å². The van der Waals surface area contributed by atoms with E-state index >= 15 is 0 Å². The summed E-state index contributed by atoms with van der Waals surface area (Å²) >= 11 is 0. The Balaban J connectivity index is 2.71. The van der Waals surface area contributed by atoms with Gasteiger partial charge < -0.3 is 19.6 Å². The van der Waals surface area contributed by atoms with Crippen LogP contribution < -0.4 is 11.2 Å². The van der Waals surface area contributed by atoms with E-state index in [0.717, 1.165) is 4.57 Å². The molecule has 1 unspecified atom stereocenters. The van der Waals surface area contributed by atoms with Gasteiger partial charge in [0.25, 0.3) is 5.56 Å². The first-order valence-corrected chi connectivity index (χ1v) is 8.01. The van der Waals surface area contributed by atoms with Crippen molar-refractivity contribution >= 4 is 11.9 Å². The second-order valence-corrected chi connectivity index (χ2v) is 6.14. The van der Waals surface area contributed by atoms with E-state index in [4.69, 9.17) is 9.47 Å². The summed E-state index contributed by atoms with van der Waals surface area (Å²) < 4.78 is 11.4. The minimum absolute atomic E-state index is 0.0275. The molecule has 9 heteroatoms. The van der Waals surface area contributed by atoms with Crippen molar-refractivity contribution in [3.63, 3.8) is 0 Å². The van der Waals surface area contributed by atoms with Crippen molar-refractivity contribution in [2.45, 2.75) is 51.9 Å². The Morgan fingerprint density at radius 3 is 2.52 bits per heavy atom. The lowest BCUT2D eigenvalue weighted by atomic mass is 9.68. The first-order chi connectivity index (χ1) is 11.7. The molecule has 0 amide bonds. The third-order valence-corrected chi connectivity index (χ3v) is 5.13. The minimum Gasteiger partial charge on any atom is -0.479 e. The molecule has 138 valence electrons. The van der Waals surface area contributed by atoms with Crippen molar-refractivity contribution < 1.29 is 24.2 Å². The molecule has 1 aliphatic rings. The second kappa shape index (κ2) is 6.47. The van der Waals surface area contributed by atoms with Crippen LogP contribution >= 0.6 is 0 Å². The number of aliphatic carboxylic acids is 1. The molecule has 0 aromatic carbocycles. The quantitative estimate of drug-likeness (QED) is 0.740. The number of methoxy groups -OCH3 is 1. The van der Waals surface area contributed by atoms with E-state index in [2.05, 4.69) is 4.98 Å². The average molecular weight is 354 g/mol. The average Bonchev–Trinajstić information content (AvgIpc) is 2.94. The monoisotopic (exact) mass is 354 g/mol. The number of H-pyrrole nitrogens is 1. The SMILES string of the molecule is CCC1(C(=O)OC)C[C@@H](n2c(=O)[nH]cc(C)c2=O)O[C@@]1(CC)C(=O)O. The van der Waals surface area contributed by atoms with Gasteiger partial charge in [-0.25, -0.2) is 14.2 Å². The molecule has 1 saturated heterocycles. The number of aromatic amines is 1. The van der Waals surface area contributed by atoms with Crippen molar-refractivity contribution in [2.75, 3.05) is 7.11 Å². The third kappa shape index (κ3) is 2.50. The van der Waals surface area contributed by atoms with Crippen molar-refractivity contribution in [3.8, 4) is 0 Å². The van der Waals surface area contributed by atoms with Crippen molar-refractivity contribution in [1.82, 2.24) is 9.55 Å². The number of esters is 1. The van der Waals surface area contributed by atoms with Gasteiger partial charge in [-0.2, -0.15) is 0 Å². The van der Waals surface area contributed by atoms with Crippen LogP contribution in [0.1, 0.15) is 44.9 Å². The highest BCUT2D eigenvalue weighted by molar-refractivity contribution is 5.90. The van der Waals surface area contributed by atoms with Crippen molar-refractivity contribution in [1.29, 1.82) is 0 Å². The molecule has 1 aromatic heterocycles. The predicted octanol–water partition coefficient (Wildman–Crippen LogP) is 0.567. The number of carbonyl (C=O) groups is 2. The molecule has 0 radical (unpaired) electrons. The normalized spacial score (nSPS) is 28.7. The van der Waals surface area contributed by atoms with Gasteiger partial charge >= 0.3 is 17.6 Å². The zero-order valence-electron chi connectivity index (χ0n) is 14.6. The fraction of sp³-hybridized carbons (Fsp3) is 0.625. The van der Waals surface area contributed by atoms with Crippen LogP contribution in [0, 0.1) is 12.3 Å². The number of hydrogen-bond acceptors (Lipinski definition) is 6. The van der Waals surface area contributed by atoms with Crippen LogP contribution in [0.25, 0.3) is 0 Å². The van der Waals surface area contributed by atoms with Crippen LogP contribution in [-0.4, -0.2) is 39.3 Å². The smallest absolute Gasteiger partial charge is 0.337 e. The molecule has 1 fully saturated rings. The van der Waals surface area contributed by atoms with E-state index in [1.54, 1.807) is 13.8 Å². The Labute approximate surface area is 143 Å². The lowest BCUT2D eigenvalue weighted by Crippen LogP contribution is -2.55. The molecule has 0 aliphatic carbocycles. The number of nitrogens with one attached hydrogen (secondary N) is 1. The summed E-state index contributed by atoms with van der Waals surface area (Å²) in [6.45, 7) is 4.74. The molecule has 2 N–H and O–H groups in total. The summed E-state index contributed by atoms with van der Waals surface area (Å²) in [5.74, 6) is -2.07. The Hall–Kier alpha value is -2.42. The molecule has 2 heterocycles. The number of aromatic nitrogens is 2. The van der Waals surface area contributed by atoms with Crippen LogP contribution in [0.2, 0.25) is 0 Å². The highest BCUT2D eigenvalue weighted by Gasteiger charge is 2.68. The highest BCUT2D eigenvalue weighted by atomic mass is 16.6. The molecule has 9 nitrogen and oxygen atoms in total. The van der Waals surface area contributed by atoms with Crippen molar-refractivity contribution in [2.24, 2.45) is 5.41 Å². The Morgan fingerprint density at radius 1 is 1.40 bits per heavy atom. The number of ether oxygens (including phenoxy) is 2. The second-order valence-electron chi connectivity index (χ2n) is 6.14. The number of hydrogen-bond donors (Lipinski definition) is 2. The Kier molecular flexibility index (Phi) is 4.90. The summed E-state index contributed by atoms with van der Waals surface area (Å²) in [6, 6.07) is 0. The van der Waals surface area contributed by atoms with Gasteiger partial charge in [0.1, 0.15) is 11.6 Å². The van der Waals surface area contributed by atoms with Crippen LogP contribution in [0.15, 0.2) is 15.8 Å². The van der Waals surface area contributed by atoms with Gasteiger partial charge in [0, 0.05) is 18.2 Å². The van der Waals surface area contributed by atoms with Gasteiger partial charge in [-0.1, -0.05) is 13.8 Å². The molecular weight excluding hydrogens is 332 g/mol. The fourth-order valence-electron chi connectivity index (χ4n) is 3.68. The molecule has 3 atom stereocenters. The van der Waals surface area contributed by atoms with E-state index in [9.17, 15) is 24.3 Å². The zero-order valence-corrected chi connectivity index (χ0v) is 14.6. The van der Waals surface area contributed by atoms with E-state index < -0.39 is 40.4 Å². The maximum absolute atomic E-state index is 12.5. The standard InChI is InChI=1S/C16H22N2O7/c1-5-15(13(22)24-4)7-10(25-16(15,6-2)12(20)21)18-11(19)9(3)8-17-14(18)23/h8,10H,5-7H2,1-4H3,(H,17,23)(H,20,21)/t10-,15?,16-/m0/s1. The van der Waals surface area contributed by atoms with Crippen LogP contribution in [0.4, 0.5) is 0 Å². The predicted molar refractivity (Wildman–Crippen MR) is 86.2 cm³/mol. The molecule has 25 heavy (non-hydrogen) atoms. The lowest BCUT2D eigenvalue weighted by Gasteiger charge is -2.37. The van der Waals surface area contributed by atoms with Crippen LogP contribution in [0.5, 0.6) is 0 Å². The molecular formula is C16H22N2O7. The maximum atomic E-state index is 12.5. The number of carbonyl (C=O) groups excluding carboxylic acids is 1.